The van der Waals surface area contributed by atoms with Gasteiger partial charge in [0.15, 0.2) is 0 Å². The van der Waals surface area contributed by atoms with Crippen LogP contribution in [0.25, 0.3) is 12.2 Å². The Labute approximate surface area is 228 Å². The lowest BCUT2D eigenvalue weighted by Crippen LogP contribution is -2.39. The molecule has 0 fully saturated rings. The Morgan fingerprint density at radius 2 is 1.05 bits per heavy atom. The number of benzene rings is 2. The molecule has 3 N–H and O–H groups in total. The van der Waals surface area contributed by atoms with Crippen LogP contribution in [-0.4, -0.2) is 39.3 Å². The van der Waals surface area contributed by atoms with Crippen LogP contribution in [0.15, 0.2) is 61.7 Å². The number of hydrogen-bond donors (Lipinski definition) is 2. The topological polar surface area (TPSA) is 140 Å². The third kappa shape index (κ3) is 12.9. The van der Waals surface area contributed by atoms with Crippen LogP contribution in [0.5, 0.6) is 0 Å². The predicted octanol–water partition coefficient (Wildman–Crippen LogP) is 6.35. The molecule has 228 valence electrons. The SMILES string of the molecule is C.C.C.C=Cc1ccc(N)cc1.C=Cc1ccc(NC(=O)C(F)(F)S(=O)(=O)F)cc1.O=C(F)C(F)(F)S(=O)(=O)F. The summed E-state index contributed by atoms with van der Waals surface area (Å²) >= 11 is 0. The van der Waals surface area contributed by atoms with Gasteiger partial charge >= 0.3 is 42.9 Å². The lowest BCUT2D eigenvalue weighted by atomic mass is 10.2. The fourth-order valence-corrected chi connectivity index (χ4v) is 2.21. The van der Waals surface area contributed by atoms with E-state index >= 15 is 0 Å². The molecule has 40 heavy (non-hydrogen) atoms. The van der Waals surface area contributed by atoms with Gasteiger partial charge < -0.3 is 11.1 Å². The first kappa shape index (κ1) is 43.3. The molecule has 0 aliphatic rings. The normalized spacial score (nSPS) is 10.7. The fourth-order valence-electron chi connectivity index (χ4n) is 1.75. The van der Waals surface area contributed by atoms with Gasteiger partial charge in [-0.05, 0) is 35.4 Å². The average molecular weight is 627 g/mol. The number of nitrogen functional groups attached to an aromatic ring is 1. The fraction of sp³-hybridized carbons (Fsp3) is 0.217. The number of nitrogens with one attached hydrogen (secondary N) is 1. The van der Waals surface area contributed by atoms with Gasteiger partial charge in [-0.3, -0.25) is 9.59 Å². The maximum atomic E-state index is 12.8. The number of nitrogens with two attached hydrogens (primary N) is 1. The third-order valence-electron chi connectivity index (χ3n) is 3.68. The lowest BCUT2D eigenvalue weighted by Gasteiger charge is -2.11. The number of amides is 1. The van der Waals surface area contributed by atoms with Crippen molar-refractivity contribution in [1.29, 1.82) is 0 Å². The standard InChI is InChI=1S/C10H8F3NO3S.C8H9N.C2F4O3S.3CH4/c1-2-7-3-5-8(6-4-7)14-9(15)10(11,12)18(13,16)17;1-2-7-3-5-8(9)6-4-7;3-1(7)2(4,5)10(6,8)9;;;/h2-6H,1H2,(H,14,15);2-6H,1,9H2;;3*1H4. The van der Waals surface area contributed by atoms with Gasteiger partial charge in [0.25, 0.3) is 0 Å². The van der Waals surface area contributed by atoms with Crippen molar-refractivity contribution in [3.05, 3.63) is 72.8 Å². The van der Waals surface area contributed by atoms with Gasteiger partial charge in [0.1, 0.15) is 0 Å². The van der Waals surface area contributed by atoms with Crippen LogP contribution in [0.2, 0.25) is 0 Å². The van der Waals surface area contributed by atoms with Crippen LogP contribution in [0.4, 0.5) is 41.1 Å². The number of anilines is 2. The van der Waals surface area contributed by atoms with E-state index in [9.17, 15) is 51.4 Å². The molecular weight excluding hydrogens is 597 g/mol. The van der Waals surface area contributed by atoms with Crippen molar-refractivity contribution in [3.8, 4) is 0 Å². The second-order valence-electron chi connectivity index (χ2n) is 6.33. The van der Waals surface area contributed by atoms with E-state index in [1.807, 2.05) is 24.3 Å². The number of hydrogen-bond acceptors (Lipinski definition) is 7. The Morgan fingerprint density at radius 1 is 0.725 bits per heavy atom. The summed E-state index contributed by atoms with van der Waals surface area (Å²) in [6.07, 6.45) is 3.27. The molecule has 0 aliphatic carbocycles. The molecule has 0 unspecified atom stereocenters. The highest BCUT2D eigenvalue weighted by atomic mass is 32.3. The van der Waals surface area contributed by atoms with E-state index in [2.05, 4.69) is 13.2 Å². The van der Waals surface area contributed by atoms with Crippen molar-refractivity contribution >= 4 is 55.9 Å². The van der Waals surface area contributed by atoms with E-state index in [0.29, 0.717) is 5.56 Å². The molecule has 2 aromatic carbocycles. The summed E-state index contributed by atoms with van der Waals surface area (Å²) < 4.78 is 121. The molecule has 8 nitrogen and oxygen atoms in total. The Morgan fingerprint density at radius 3 is 1.30 bits per heavy atom. The highest BCUT2D eigenvalue weighted by molar-refractivity contribution is 7.88. The van der Waals surface area contributed by atoms with Crippen molar-refractivity contribution in [1.82, 2.24) is 0 Å². The zero-order valence-electron chi connectivity index (χ0n) is 18.2. The average Bonchev–Trinajstić information content (AvgIpc) is 2.79. The third-order valence-corrected chi connectivity index (χ3v) is 5.25. The van der Waals surface area contributed by atoms with Gasteiger partial charge in [0, 0.05) is 11.4 Å². The highest BCUT2D eigenvalue weighted by Crippen LogP contribution is 2.26. The molecule has 0 aliphatic heterocycles. The Hall–Kier alpha value is -3.73. The van der Waals surface area contributed by atoms with E-state index in [1.54, 1.807) is 11.4 Å². The van der Waals surface area contributed by atoms with Crippen LogP contribution in [0, 0.1) is 0 Å². The minimum atomic E-state index is -6.46. The van der Waals surface area contributed by atoms with Crippen LogP contribution >= 0.6 is 0 Å². The predicted molar refractivity (Wildman–Crippen MR) is 142 cm³/mol. The molecule has 0 saturated heterocycles. The summed E-state index contributed by atoms with van der Waals surface area (Å²) in [6, 6.07) is 9.44. The first-order valence-electron chi connectivity index (χ1n) is 9.06. The minimum absolute atomic E-state index is 0. The largest absolute Gasteiger partial charge is 0.463 e. The first-order chi connectivity index (χ1) is 16.7. The Balaban J connectivity index is -0.000000254. The maximum absolute atomic E-state index is 12.8. The number of carbonyl (C=O) groups is 2. The van der Waals surface area contributed by atoms with Gasteiger partial charge in [-0.25, -0.2) is 0 Å². The van der Waals surface area contributed by atoms with E-state index in [1.165, 1.54) is 30.3 Å². The molecule has 17 heteroatoms. The second kappa shape index (κ2) is 17.1. The van der Waals surface area contributed by atoms with Crippen LogP contribution in [0.3, 0.4) is 0 Å². The molecule has 2 rings (SSSR count). The molecule has 0 radical (unpaired) electrons. The molecule has 0 bridgehead atoms. The number of halogens is 7. The summed E-state index contributed by atoms with van der Waals surface area (Å²) in [7, 11) is -12.8. The van der Waals surface area contributed by atoms with Crippen LogP contribution in [0.1, 0.15) is 33.4 Å². The first-order valence-corrected chi connectivity index (χ1v) is 11.8. The van der Waals surface area contributed by atoms with E-state index in [0.717, 1.165) is 11.3 Å². The molecule has 1 amide bonds. The molecule has 0 spiro atoms. The minimum Gasteiger partial charge on any atom is -0.399 e. The summed E-state index contributed by atoms with van der Waals surface area (Å²) in [6.45, 7) is 7.08. The smallest absolute Gasteiger partial charge is 0.399 e. The van der Waals surface area contributed by atoms with Crippen molar-refractivity contribution in [2.24, 2.45) is 0 Å². The van der Waals surface area contributed by atoms with E-state index in [-0.39, 0.29) is 28.0 Å². The summed E-state index contributed by atoms with van der Waals surface area (Å²) in [5.74, 6) is -2.25. The van der Waals surface area contributed by atoms with Crippen LogP contribution in [-0.2, 0) is 30.0 Å². The Bertz CT molecular complexity index is 1330. The summed E-state index contributed by atoms with van der Waals surface area (Å²) in [5, 5.41) is -9.09. The zero-order valence-corrected chi connectivity index (χ0v) is 19.8. The number of carbonyl (C=O) groups excluding carboxylic acids is 2. The molecule has 0 atom stereocenters. The van der Waals surface area contributed by atoms with Gasteiger partial charge in [0.2, 0.25) is 0 Å². The second-order valence-corrected chi connectivity index (χ2v) is 9.11. The highest BCUT2D eigenvalue weighted by Gasteiger charge is 2.55. The summed E-state index contributed by atoms with van der Waals surface area (Å²) in [4.78, 5) is 20.0. The van der Waals surface area contributed by atoms with E-state index in [4.69, 9.17) is 10.5 Å². The molecule has 0 saturated carbocycles. The Kier molecular flexibility index (Phi) is 18.5. The molecule has 0 heterocycles. The van der Waals surface area contributed by atoms with Gasteiger partial charge in [-0.15, -0.1) is 0 Å². The molecule has 0 aromatic heterocycles. The number of alkyl halides is 4. The van der Waals surface area contributed by atoms with Crippen molar-refractivity contribution < 1.29 is 56.1 Å². The lowest BCUT2D eigenvalue weighted by molar-refractivity contribution is -0.145. The molecule has 2 aromatic rings. The number of rotatable bonds is 7. The van der Waals surface area contributed by atoms with Gasteiger partial charge in [0.05, 0.1) is 0 Å². The van der Waals surface area contributed by atoms with Crippen molar-refractivity contribution in [3.63, 3.8) is 0 Å². The monoisotopic (exact) mass is 626 g/mol. The maximum Gasteiger partial charge on any atom is 0.463 e. The quantitative estimate of drug-likeness (QED) is 0.207. The van der Waals surface area contributed by atoms with Crippen molar-refractivity contribution in [2.45, 2.75) is 32.8 Å². The molecular formula is C23H29F7N2O6S2. The van der Waals surface area contributed by atoms with E-state index < -0.39 is 42.9 Å². The zero-order chi connectivity index (χ0) is 29.2. The summed E-state index contributed by atoms with van der Waals surface area (Å²) in [5.41, 5.74) is 7.92. The van der Waals surface area contributed by atoms with Gasteiger partial charge in [-0.1, -0.05) is 79.6 Å². The van der Waals surface area contributed by atoms with Crippen molar-refractivity contribution in [2.75, 3.05) is 11.1 Å². The van der Waals surface area contributed by atoms with Crippen LogP contribution < -0.4 is 11.1 Å². The van der Waals surface area contributed by atoms with Gasteiger partial charge in [-0.2, -0.15) is 38.8 Å².